The van der Waals surface area contributed by atoms with Gasteiger partial charge >= 0.3 is 0 Å². The number of hydrogen-bond donors (Lipinski definition) is 2. The summed E-state index contributed by atoms with van der Waals surface area (Å²) in [5, 5.41) is 13.7. The minimum atomic E-state index is -0.262. The van der Waals surface area contributed by atoms with Gasteiger partial charge in [-0.05, 0) is 29.0 Å². The molecule has 2 aromatic heterocycles. The van der Waals surface area contributed by atoms with Crippen LogP contribution in [0.25, 0.3) is 21.1 Å². The number of nitrogens with two attached hydrogens (primary N) is 1. The highest BCUT2D eigenvalue weighted by atomic mass is 32.1. The highest BCUT2D eigenvalue weighted by Crippen LogP contribution is 2.38. The lowest BCUT2D eigenvalue weighted by atomic mass is 10.2. The van der Waals surface area contributed by atoms with Gasteiger partial charge < -0.3 is 5.73 Å². The normalized spacial score (nSPS) is 10.7. The molecule has 2 heterocycles. The fourth-order valence-electron chi connectivity index (χ4n) is 1.59. The number of aromatic amines is 1. The van der Waals surface area contributed by atoms with Crippen LogP contribution in [0.5, 0.6) is 0 Å². The summed E-state index contributed by atoms with van der Waals surface area (Å²) in [6.45, 7) is 0. The lowest BCUT2D eigenvalue weighted by Crippen LogP contribution is -1.85. The maximum Gasteiger partial charge on any atom is 0.216 e. The highest BCUT2D eigenvalue weighted by molar-refractivity contribution is 7.19. The van der Waals surface area contributed by atoms with E-state index in [1.807, 2.05) is 6.07 Å². The number of H-pyrrole nitrogens is 1. The van der Waals surface area contributed by atoms with Gasteiger partial charge in [-0.25, -0.2) is 4.39 Å². The first kappa shape index (κ1) is 10.8. The summed E-state index contributed by atoms with van der Waals surface area (Å²) in [5.41, 5.74) is 7.40. The minimum absolute atomic E-state index is 0.262. The van der Waals surface area contributed by atoms with Crippen LogP contribution in [0.4, 0.5) is 10.1 Å². The first-order valence-electron chi connectivity index (χ1n) is 5.13. The lowest BCUT2D eigenvalue weighted by Gasteiger charge is -1.95. The third-order valence-electron chi connectivity index (χ3n) is 2.44. The molecule has 90 valence electrons. The first-order chi connectivity index (χ1) is 8.74. The number of nitrogen functional groups attached to an aromatic ring is 1. The van der Waals surface area contributed by atoms with Crippen molar-refractivity contribution in [2.24, 2.45) is 0 Å². The van der Waals surface area contributed by atoms with Gasteiger partial charge in [-0.3, -0.25) is 0 Å². The largest absolute Gasteiger partial charge is 0.397 e. The molecule has 0 saturated carbocycles. The SMILES string of the molecule is Nc1cc(-c2ccc(F)cc2)sc1-c1nn[nH]n1. The number of thiophene rings is 1. The predicted molar refractivity (Wildman–Crippen MR) is 67.3 cm³/mol. The third-order valence-corrected chi connectivity index (χ3v) is 3.63. The van der Waals surface area contributed by atoms with Crippen LogP contribution in [-0.2, 0) is 0 Å². The average Bonchev–Trinajstić information content (AvgIpc) is 2.99. The molecule has 0 aliphatic rings. The summed E-state index contributed by atoms with van der Waals surface area (Å²) in [6.07, 6.45) is 0. The van der Waals surface area contributed by atoms with Crippen molar-refractivity contribution in [1.29, 1.82) is 0 Å². The van der Waals surface area contributed by atoms with Gasteiger partial charge in [-0.2, -0.15) is 5.21 Å². The van der Waals surface area contributed by atoms with E-state index < -0.39 is 0 Å². The number of nitrogens with one attached hydrogen (secondary N) is 1. The van der Waals surface area contributed by atoms with Crippen molar-refractivity contribution in [3.63, 3.8) is 0 Å². The molecule has 0 aliphatic heterocycles. The fourth-order valence-corrected chi connectivity index (χ4v) is 2.61. The summed E-state index contributed by atoms with van der Waals surface area (Å²) >= 11 is 1.44. The topological polar surface area (TPSA) is 80.5 Å². The van der Waals surface area contributed by atoms with Crippen molar-refractivity contribution in [3.8, 4) is 21.1 Å². The quantitative estimate of drug-likeness (QED) is 0.741. The molecule has 0 radical (unpaired) electrons. The summed E-state index contributed by atoms with van der Waals surface area (Å²) in [6, 6.07) is 8.07. The molecule has 7 heteroatoms. The van der Waals surface area contributed by atoms with Crippen LogP contribution in [0.2, 0.25) is 0 Å². The van der Waals surface area contributed by atoms with Crippen LogP contribution < -0.4 is 5.73 Å². The smallest absolute Gasteiger partial charge is 0.216 e. The van der Waals surface area contributed by atoms with Crippen LogP contribution in [0, 0.1) is 5.82 Å². The third kappa shape index (κ3) is 1.84. The van der Waals surface area contributed by atoms with Crippen molar-refractivity contribution < 1.29 is 4.39 Å². The second-order valence-electron chi connectivity index (χ2n) is 3.64. The maximum atomic E-state index is 12.9. The van der Waals surface area contributed by atoms with Gasteiger partial charge in [-0.1, -0.05) is 12.1 Å². The Kier molecular flexibility index (Phi) is 2.52. The van der Waals surface area contributed by atoms with E-state index >= 15 is 0 Å². The number of tetrazole rings is 1. The Bertz CT molecular complexity index is 659. The minimum Gasteiger partial charge on any atom is -0.397 e. The van der Waals surface area contributed by atoms with E-state index in [-0.39, 0.29) is 5.82 Å². The van der Waals surface area contributed by atoms with Gasteiger partial charge in [0.25, 0.3) is 0 Å². The second-order valence-corrected chi connectivity index (χ2v) is 4.69. The van der Waals surface area contributed by atoms with Crippen molar-refractivity contribution in [1.82, 2.24) is 20.6 Å². The van der Waals surface area contributed by atoms with E-state index in [0.29, 0.717) is 11.5 Å². The molecule has 0 spiro atoms. The van der Waals surface area contributed by atoms with Crippen LogP contribution >= 0.6 is 11.3 Å². The van der Waals surface area contributed by atoms with E-state index in [2.05, 4.69) is 20.6 Å². The molecule has 3 aromatic rings. The summed E-state index contributed by atoms with van der Waals surface area (Å²) in [7, 11) is 0. The van der Waals surface area contributed by atoms with Crippen molar-refractivity contribution in [3.05, 3.63) is 36.1 Å². The summed E-state index contributed by atoms with van der Waals surface area (Å²) in [5.74, 6) is 0.201. The molecule has 0 bridgehead atoms. The van der Waals surface area contributed by atoms with Crippen LogP contribution in [-0.4, -0.2) is 20.6 Å². The van der Waals surface area contributed by atoms with Crippen molar-refractivity contribution in [2.45, 2.75) is 0 Å². The van der Waals surface area contributed by atoms with Crippen LogP contribution in [0.3, 0.4) is 0 Å². The molecule has 0 fully saturated rings. The van der Waals surface area contributed by atoms with Gasteiger partial charge in [0, 0.05) is 4.88 Å². The number of halogens is 1. The van der Waals surface area contributed by atoms with Gasteiger partial charge in [-0.15, -0.1) is 21.5 Å². The number of nitrogens with zero attached hydrogens (tertiary/aromatic N) is 3. The Labute approximate surface area is 105 Å². The molecule has 5 nitrogen and oxygen atoms in total. The Hall–Kier alpha value is -2.28. The molecule has 0 unspecified atom stereocenters. The molecule has 3 rings (SSSR count). The van der Waals surface area contributed by atoms with E-state index in [0.717, 1.165) is 15.3 Å². The fraction of sp³-hybridized carbons (Fsp3) is 0. The molecule has 1 aromatic carbocycles. The molecule has 3 N–H and O–H groups in total. The van der Waals surface area contributed by atoms with Gasteiger partial charge in [0.05, 0.1) is 10.6 Å². The molecule has 18 heavy (non-hydrogen) atoms. The van der Waals surface area contributed by atoms with Crippen LogP contribution in [0.15, 0.2) is 30.3 Å². The Morgan fingerprint density at radius 3 is 2.67 bits per heavy atom. The number of aromatic nitrogens is 4. The zero-order chi connectivity index (χ0) is 12.5. The van der Waals surface area contributed by atoms with Crippen LogP contribution in [0.1, 0.15) is 0 Å². The Balaban J connectivity index is 2.05. The predicted octanol–water partition coefficient (Wildman–Crippen LogP) is 2.32. The summed E-state index contributed by atoms with van der Waals surface area (Å²) in [4.78, 5) is 1.69. The number of rotatable bonds is 2. The van der Waals surface area contributed by atoms with Gasteiger partial charge in [0.15, 0.2) is 0 Å². The lowest BCUT2D eigenvalue weighted by molar-refractivity contribution is 0.628. The zero-order valence-corrected chi connectivity index (χ0v) is 9.91. The zero-order valence-electron chi connectivity index (χ0n) is 9.09. The average molecular weight is 261 g/mol. The number of anilines is 1. The summed E-state index contributed by atoms with van der Waals surface area (Å²) < 4.78 is 12.9. The molecular weight excluding hydrogens is 253 g/mol. The Morgan fingerprint density at radius 1 is 1.22 bits per heavy atom. The first-order valence-corrected chi connectivity index (χ1v) is 5.95. The molecule has 0 atom stereocenters. The molecule has 0 amide bonds. The molecule has 0 saturated heterocycles. The van der Waals surface area contributed by atoms with E-state index in [4.69, 9.17) is 5.73 Å². The van der Waals surface area contributed by atoms with E-state index in [1.54, 1.807) is 12.1 Å². The monoisotopic (exact) mass is 261 g/mol. The van der Waals surface area contributed by atoms with E-state index in [1.165, 1.54) is 23.5 Å². The molecule has 0 aliphatic carbocycles. The van der Waals surface area contributed by atoms with Crippen molar-refractivity contribution in [2.75, 3.05) is 5.73 Å². The van der Waals surface area contributed by atoms with Crippen molar-refractivity contribution >= 4 is 17.0 Å². The molecular formula is C11H8FN5S. The van der Waals surface area contributed by atoms with E-state index in [9.17, 15) is 4.39 Å². The second kappa shape index (κ2) is 4.19. The highest BCUT2D eigenvalue weighted by Gasteiger charge is 2.13. The number of hydrogen-bond acceptors (Lipinski definition) is 5. The van der Waals surface area contributed by atoms with Gasteiger partial charge in [0.1, 0.15) is 5.82 Å². The standard InChI is InChI=1S/C11H8FN5S/c12-7-3-1-6(2-4-7)9-5-8(13)10(18-9)11-14-16-17-15-11/h1-5H,13H2,(H,14,15,16,17). The maximum absolute atomic E-state index is 12.9. The number of benzene rings is 1. The Morgan fingerprint density at radius 2 is 2.00 bits per heavy atom. The van der Waals surface area contributed by atoms with Gasteiger partial charge in [0.2, 0.25) is 5.82 Å².